The first kappa shape index (κ1) is 15.0. The van der Waals surface area contributed by atoms with E-state index in [-0.39, 0.29) is 17.6 Å². The van der Waals surface area contributed by atoms with Gasteiger partial charge in [0.05, 0.1) is 6.04 Å². The predicted molar refractivity (Wildman–Crippen MR) is 83.9 cm³/mol. The normalized spacial score (nSPS) is 27.5. The van der Waals surface area contributed by atoms with Gasteiger partial charge in [0.15, 0.2) is 0 Å². The van der Waals surface area contributed by atoms with Crippen molar-refractivity contribution in [2.24, 2.45) is 5.73 Å². The second-order valence-corrected chi connectivity index (χ2v) is 6.75. The molecule has 0 unspecified atom stereocenters. The summed E-state index contributed by atoms with van der Waals surface area (Å²) in [6.45, 7) is 5.68. The Bertz CT molecular complexity index is 583. The molecule has 22 heavy (non-hydrogen) atoms. The second-order valence-electron chi connectivity index (χ2n) is 6.75. The number of hydrogen-bond donors (Lipinski definition) is 1. The third kappa shape index (κ3) is 2.61. The lowest BCUT2D eigenvalue weighted by Crippen LogP contribution is -2.59. The minimum absolute atomic E-state index is 0.116. The zero-order valence-electron chi connectivity index (χ0n) is 13.2. The van der Waals surface area contributed by atoms with Gasteiger partial charge < -0.3 is 10.6 Å². The first-order chi connectivity index (χ1) is 10.4. The zero-order valence-corrected chi connectivity index (χ0v) is 13.2. The van der Waals surface area contributed by atoms with Crippen LogP contribution in [0.3, 0.4) is 0 Å². The molecule has 1 heterocycles. The second kappa shape index (κ2) is 5.39. The number of rotatable bonds is 2. The van der Waals surface area contributed by atoms with E-state index in [2.05, 4.69) is 18.7 Å². The monoisotopic (exact) mass is 301 g/mol. The maximum absolute atomic E-state index is 12.2. The number of hydrogen-bond acceptors (Lipinski definition) is 3. The van der Waals surface area contributed by atoms with E-state index >= 15 is 0 Å². The molecule has 0 bridgehead atoms. The predicted octanol–water partition coefficient (Wildman–Crippen LogP) is 1.30. The van der Waals surface area contributed by atoms with Crippen LogP contribution in [0.1, 0.15) is 38.3 Å². The fourth-order valence-electron chi connectivity index (χ4n) is 3.52. The van der Waals surface area contributed by atoms with Crippen LogP contribution >= 0.6 is 0 Å². The molecule has 1 aliphatic carbocycles. The highest BCUT2D eigenvalue weighted by Gasteiger charge is 2.49. The van der Waals surface area contributed by atoms with Crippen LogP contribution in [0.15, 0.2) is 30.3 Å². The van der Waals surface area contributed by atoms with Gasteiger partial charge in [-0.15, -0.1) is 0 Å². The fourth-order valence-corrected chi connectivity index (χ4v) is 3.52. The molecule has 2 amide bonds. The van der Waals surface area contributed by atoms with Crippen molar-refractivity contribution in [1.29, 1.82) is 0 Å². The Morgan fingerprint density at radius 2 is 1.82 bits per heavy atom. The molecule has 1 aromatic rings. The first-order valence-corrected chi connectivity index (χ1v) is 7.84. The molecular formula is C17H23N3O2. The molecule has 0 spiro atoms. The summed E-state index contributed by atoms with van der Waals surface area (Å²) in [6.07, 6.45) is 2.39. The summed E-state index contributed by atoms with van der Waals surface area (Å²) in [6, 6.07) is 10.0. The average Bonchev–Trinajstić information content (AvgIpc) is 3.25. The van der Waals surface area contributed by atoms with E-state index < -0.39 is 11.8 Å². The van der Waals surface area contributed by atoms with Gasteiger partial charge in [-0.3, -0.25) is 14.5 Å². The topological polar surface area (TPSA) is 66.6 Å². The Morgan fingerprint density at radius 3 is 2.36 bits per heavy atom. The quantitative estimate of drug-likeness (QED) is 0.837. The van der Waals surface area contributed by atoms with Crippen LogP contribution in [0.5, 0.6) is 0 Å². The molecule has 5 heteroatoms. The molecule has 1 aromatic carbocycles. The minimum Gasteiger partial charge on any atom is -0.361 e. The smallest absolute Gasteiger partial charge is 0.312 e. The van der Waals surface area contributed by atoms with Gasteiger partial charge in [0, 0.05) is 24.7 Å². The SMILES string of the molecule is C[C@@H]1CN(C(=O)C(N)=O)[C@@H](c2ccccc2)CN1C1(C)CC1. The van der Waals surface area contributed by atoms with E-state index in [9.17, 15) is 9.59 Å². The van der Waals surface area contributed by atoms with Crippen LogP contribution in [-0.4, -0.2) is 46.3 Å². The van der Waals surface area contributed by atoms with Gasteiger partial charge in [0.25, 0.3) is 0 Å². The van der Waals surface area contributed by atoms with E-state index in [0.717, 1.165) is 12.1 Å². The highest BCUT2D eigenvalue weighted by molar-refractivity contribution is 6.34. The largest absolute Gasteiger partial charge is 0.361 e. The molecule has 118 valence electrons. The summed E-state index contributed by atoms with van der Waals surface area (Å²) < 4.78 is 0. The van der Waals surface area contributed by atoms with Crippen molar-refractivity contribution in [3.8, 4) is 0 Å². The average molecular weight is 301 g/mol. The summed E-state index contributed by atoms with van der Waals surface area (Å²) in [5.74, 6) is -1.46. The van der Waals surface area contributed by atoms with Gasteiger partial charge in [-0.05, 0) is 32.3 Å². The molecule has 5 nitrogen and oxygen atoms in total. The highest BCUT2D eigenvalue weighted by atomic mass is 16.2. The fraction of sp³-hybridized carbons (Fsp3) is 0.529. The van der Waals surface area contributed by atoms with E-state index in [0.29, 0.717) is 6.54 Å². The van der Waals surface area contributed by atoms with E-state index in [4.69, 9.17) is 5.73 Å². The summed E-state index contributed by atoms with van der Waals surface area (Å²) in [5, 5.41) is 0. The number of piperazine rings is 1. The summed E-state index contributed by atoms with van der Waals surface area (Å²) in [5.41, 5.74) is 6.54. The third-order valence-electron chi connectivity index (χ3n) is 5.06. The lowest BCUT2D eigenvalue weighted by atomic mass is 9.97. The molecule has 2 fully saturated rings. The van der Waals surface area contributed by atoms with Crippen molar-refractivity contribution >= 4 is 11.8 Å². The number of nitrogens with two attached hydrogens (primary N) is 1. The maximum atomic E-state index is 12.2. The minimum atomic E-state index is -0.876. The Balaban J connectivity index is 1.92. The molecule has 0 radical (unpaired) electrons. The van der Waals surface area contributed by atoms with Crippen LogP contribution in [0.25, 0.3) is 0 Å². The van der Waals surface area contributed by atoms with Gasteiger partial charge in [-0.25, -0.2) is 0 Å². The van der Waals surface area contributed by atoms with E-state index in [1.165, 1.54) is 12.8 Å². The van der Waals surface area contributed by atoms with Crippen molar-refractivity contribution in [3.63, 3.8) is 0 Å². The van der Waals surface area contributed by atoms with Crippen molar-refractivity contribution in [2.75, 3.05) is 13.1 Å². The van der Waals surface area contributed by atoms with Gasteiger partial charge >= 0.3 is 11.8 Å². The van der Waals surface area contributed by atoms with Crippen LogP contribution in [-0.2, 0) is 9.59 Å². The summed E-state index contributed by atoms with van der Waals surface area (Å²) >= 11 is 0. The van der Waals surface area contributed by atoms with Crippen molar-refractivity contribution in [3.05, 3.63) is 35.9 Å². The number of nitrogens with zero attached hydrogens (tertiary/aromatic N) is 2. The number of carbonyl (C=O) groups excluding carboxylic acids is 2. The number of primary amides is 1. The maximum Gasteiger partial charge on any atom is 0.312 e. The molecule has 1 saturated carbocycles. The lowest BCUT2D eigenvalue weighted by Gasteiger charge is -2.47. The van der Waals surface area contributed by atoms with Crippen LogP contribution in [0.2, 0.25) is 0 Å². The van der Waals surface area contributed by atoms with Crippen LogP contribution < -0.4 is 5.73 Å². The highest BCUT2D eigenvalue weighted by Crippen LogP contribution is 2.45. The van der Waals surface area contributed by atoms with E-state index in [1.807, 2.05) is 30.3 Å². The molecular weight excluding hydrogens is 278 g/mol. The Labute approximate surface area is 131 Å². The Morgan fingerprint density at radius 1 is 1.18 bits per heavy atom. The molecule has 2 N–H and O–H groups in total. The molecule has 0 aromatic heterocycles. The lowest BCUT2D eigenvalue weighted by molar-refractivity contribution is -0.149. The summed E-state index contributed by atoms with van der Waals surface area (Å²) in [7, 11) is 0. The molecule has 1 aliphatic heterocycles. The molecule has 1 saturated heterocycles. The number of carbonyl (C=O) groups is 2. The van der Waals surface area contributed by atoms with Gasteiger partial charge in [0.1, 0.15) is 0 Å². The Hall–Kier alpha value is -1.88. The molecule has 3 rings (SSSR count). The van der Waals surface area contributed by atoms with Crippen molar-refractivity contribution < 1.29 is 9.59 Å². The van der Waals surface area contributed by atoms with Crippen molar-refractivity contribution in [1.82, 2.24) is 9.80 Å². The number of benzene rings is 1. The number of amides is 2. The van der Waals surface area contributed by atoms with Gasteiger partial charge in [-0.1, -0.05) is 30.3 Å². The van der Waals surface area contributed by atoms with E-state index in [1.54, 1.807) is 4.90 Å². The molecule has 2 aliphatic rings. The Kier molecular flexibility index (Phi) is 3.68. The first-order valence-electron chi connectivity index (χ1n) is 7.84. The van der Waals surface area contributed by atoms with Crippen LogP contribution in [0.4, 0.5) is 0 Å². The third-order valence-corrected chi connectivity index (χ3v) is 5.06. The van der Waals surface area contributed by atoms with Crippen molar-refractivity contribution in [2.45, 2.75) is 44.3 Å². The van der Waals surface area contributed by atoms with Gasteiger partial charge in [0.2, 0.25) is 0 Å². The van der Waals surface area contributed by atoms with Crippen LogP contribution in [0, 0.1) is 0 Å². The zero-order chi connectivity index (χ0) is 15.9. The molecule has 2 atom stereocenters. The summed E-state index contributed by atoms with van der Waals surface area (Å²) in [4.78, 5) is 27.7. The van der Waals surface area contributed by atoms with Gasteiger partial charge in [-0.2, -0.15) is 0 Å². The standard InChI is InChI=1S/C17H23N3O2/c1-12-10-19(16(22)15(18)21)14(13-6-4-3-5-7-13)11-20(12)17(2)8-9-17/h3-7,12,14H,8-11H2,1-2H3,(H2,18,21)/t12-,14-/m1/s1.